The fourth-order valence-corrected chi connectivity index (χ4v) is 5.53. The summed E-state index contributed by atoms with van der Waals surface area (Å²) >= 11 is 0. The van der Waals surface area contributed by atoms with Gasteiger partial charge >= 0.3 is 0 Å². The lowest BCUT2D eigenvalue weighted by molar-refractivity contribution is -0.918. The number of hydrogen-bond acceptors (Lipinski definition) is 3. The molecule has 1 atom stereocenters. The fraction of sp³-hybridized carbons (Fsp3) is 0.478. The van der Waals surface area contributed by atoms with Crippen LogP contribution in [0.25, 0.3) is 0 Å². The number of likely N-dealkylation sites (tertiary alicyclic amines) is 1. The normalized spacial score (nSPS) is 16.2. The van der Waals surface area contributed by atoms with Gasteiger partial charge in [-0.15, -0.1) is 0 Å². The summed E-state index contributed by atoms with van der Waals surface area (Å²) in [6, 6.07) is 12.4. The van der Waals surface area contributed by atoms with Crippen LogP contribution in [0.4, 0.5) is 5.69 Å². The number of aryl methyl sites for hydroxylation is 3. The quantitative estimate of drug-likeness (QED) is 0.729. The summed E-state index contributed by atoms with van der Waals surface area (Å²) in [5.74, 6) is 0. The Morgan fingerprint density at radius 2 is 1.55 bits per heavy atom. The van der Waals surface area contributed by atoms with Crippen molar-refractivity contribution in [3.63, 3.8) is 0 Å². The van der Waals surface area contributed by atoms with Crippen molar-refractivity contribution < 1.29 is 13.3 Å². The highest BCUT2D eigenvalue weighted by molar-refractivity contribution is 7.89. The van der Waals surface area contributed by atoms with Gasteiger partial charge in [-0.05, 0) is 55.7 Å². The number of benzene rings is 2. The maximum Gasteiger partial charge on any atom is 0.241 e. The van der Waals surface area contributed by atoms with Crippen LogP contribution in [0.2, 0.25) is 0 Å². The molecule has 3 rings (SSSR count). The lowest BCUT2D eigenvalue weighted by Gasteiger charge is -2.26. The van der Waals surface area contributed by atoms with Crippen LogP contribution in [0.5, 0.6) is 0 Å². The van der Waals surface area contributed by atoms with Crippen LogP contribution in [0.1, 0.15) is 41.1 Å². The van der Waals surface area contributed by atoms with Gasteiger partial charge in [0.2, 0.25) is 10.0 Å². The Hall–Kier alpha value is -1.89. The van der Waals surface area contributed by atoms with Crippen LogP contribution in [-0.2, 0) is 10.0 Å². The van der Waals surface area contributed by atoms with Gasteiger partial charge in [-0.3, -0.25) is 0 Å². The van der Waals surface area contributed by atoms with Crippen molar-refractivity contribution in [1.82, 2.24) is 4.72 Å². The van der Waals surface area contributed by atoms with Crippen molar-refractivity contribution in [1.29, 1.82) is 0 Å². The number of anilines is 1. The molecular formula is C23H34N3O2S+. The van der Waals surface area contributed by atoms with Gasteiger partial charge < -0.3 is 9.80 Å². The van der Waals surface area contributed by atoms with E-state index in [9.17, 15) is 8.42 Å². The second-order valence-electron chi connectivity index (χ2n) is 8.46. The van der Waals surface area contributed by atoms with E-state index in [1.54, 1.807) is 6.07 Å². The SMILES string of the molecule is Cc1cc(C)c(S(=O)(=O)NC[C@@H](c2ccc(N(C)C)cc2)[NH+]2CCCC2)cc1C. The van der Waals surface area contributed by atoms with Gasteiger partial charge in [0.25, 0.3) is 0 Å². The molecule has 2 N–H and O–H groups in total. The molecule has 0 saturated carbocycles. The lowest BCUT2D eigenvalue weighted by Crippen LogP contribution is -3.11. The van der Waals surface area contributed by atoms with Gasteiger partial charge in [0.05, 0.1) is 24.5 Å². The number of nitrogens with zero attached hydrogens (tertiary/aromatic N) is 1. The number of quaternary nitrogens is 1. The van der Waals surface area contributed by atoms with Gasteiger partial charge in [0, 0.05) is 38.2 Å². The monoisotopic (exact) mass is 416 g/mol. The van der Waals surface area contributed by atoms with E-state index in [1.165, 1.54) is 23.3 Å². The molecule has 2 aromatic rings. The molecule has 0 bridgehead atoms. The summed E-state index contributed by atoms with van der Waals surface area (Å²) < 4.78 is 29.1. The van der Waals surface area contributed by atoms with E-state index in [1.807, 2.05) is 40.9 Å². The molecule has 0 amide bonds. The largest absolute Gasteiger partial charge is 0.378 e. The zero-order valence-corrected chi connectivity index (χ0v) is 19.1. The summed E-state index contributed by atoms with van der Waals surface area (Å²) in [5.41, 5.74) is 5.24. The number of hydrogen-bond donors (Lipinski definition) is 2. The predicted molar refractivity (Wildman–Crippen MR) is 119 cm³/mol. The number of rotatable bonds is 7. The molecule has 29 heavy (non-hydrogen) atoms. The van der Waals surface area contributed by atoms with Crippen molar-refractivity contribution in [2.45, 2.75) is 44.6 Å². The molecule has 6 heteroatoms. The third kappa shape index (κ3) is 5.00. The first-order valence-electron chi connectivity index (χ1n) is 10.4. The maximum absolute atomic E-state index is 13.1. The van der Waals surface area contributed by atoms with Gasteiger partial charge in [0.1, 0.15) is 6.04 Å². The molecule has 2 aromatic carbocycles. The van der Waals surface area contributed by atoms with Crippen LogP contribution in [0.15, 0.2) is 41.3 Å². The predicted octanol–water partition coefficient (Wildman–Crippen LogP) is 2.38. The third-order valence-electron chi connectivity index (χ3n) is 6.11. The minimum absolute atomic E-state index is 0.121. The van der Waals surface area contributed by atoms with Crippen LogP contribution < -0.4 is 14.5 Å². The average Bonchev–Trinajstić information content (AvgIpc) is 3.19. The molecule has 1 aliphatic rings. The van der Waals surface area contributed by atoms with E-state index in [4.69, 9.17) is 0 Å². The second kappa shape index (κ2) is 8.86. The number of sulfonamides is 1. The van der Waals surface area contributed by atoms with E-state index < -0.39 is 10.0 Å². The zero-order valence-electron chi connectivity index (χ0n) is 18.2. The Morgan fingerprint density at radius 3 is 2.14 bits per heavy atom. The topological polar surface area (TPSA) is 53.9 Å². The van der Waals surface area contributed by atoms with Crippen molar-refractivity contribution >= 4 is 15.7 Å². The second-order valence-corrected chi connectivity index (χ2v) is 10.2. The molecule has 1 aliphatic heterocycles. The lowest BCUT2D eigenvalue weighted by atomic mass is 10.1. The molecule has 5 nitrogen and oxygen atoms in total. The van der Waals surface area contributed by atoms with E-state index in [0.717, 1.165) is 35.5 Å². The van der Waals surface area contributed by atoms with Crippen molar-refractivity contribution in [2.75, 3.05) is 38.6 Å². The Kier molecular flexibility index (Phi) is 6.66. The Labute approximate surface area is 175 Å². The van der Waals surface area contributed by atoms with Crippen LogP contribution in [0, 0.1) is 20.8 Å². The van der Waals surface area contributed by atoms with Crippen LogP contribution >= 0.6 is 0 Å². The summed E-state index contributed by atoms with van der Waals surface area (Å²) in [6.07, 6.45) is 2.40. The fourth-order valence-electron chi connectivity index (χ4n) is 4.17. The van der Waals surface area contributed by atoms with Crippen LogP contribution in [-0.4, -0.2) is 42.1 Å². The Balaban J connectivity index is 1.84. The summed E-state index contributed by atoms with van der Waals surface area (Å²) in [6.45, 7) is 8.41. The molecule has 0 spiro atoms. The first kappa shape index (κ1) is 21.8. The van der Waals surface area contributed by atoms with E-state index in [2.05, 4.69) is 33.9 Å². The first-order valence-corrected chi connectivity index (χ1v) is 11.9. The summed E-state index contributed by atoms with van der Waals surface area (Å²) in [4.78, 5) is 3.92. The summed E-state index contributed by atoms with van der Waals surface area (Å²) in [5, 5.41) is 0. The molecule has 0 unspecified atom stereocenters. The highest BCUT2D eigenvalue weighted by Gasteiger charge is 2.29. The highest BCUT2D eigenvalue weighted by Crippen LogP contribution is 2.21. The summed E-state index contributed by atoms with van der Waals surface area (Å²) in [7, 11) is 0.496. The molecule has 1 saturated heterocycles. The third-order valence-corrected chi connectivity index (χ3v) is 7.67. The molecule has 1 heterocycles. The standard InChI is InChI=1S/C23H33N3O2S/c1-17-14-19(3)23(15-18(17)2)29(27,28)24-16-22(26-12-6-7-13-26)20-8-10-21(11-9-20)25(4)5/h8-11,14-15,22,24H,6-7,12-13,16H2,1-5H3/p+1/t22-/m0/s1. The number of nitrogens with one attached hydrogen (secondary N) is 2. The van der Waals surface area contributed by atoms with Gasteiger partial charge in [0.15, 0.2) is 0 Å². The molecule has 158 valence electrons. The van der Waals surface area contributed by atoms with E-state index >= 15 is 0 Å². The average molecular weight is 417 g/mol. The smallest absolute Gasteiger partial charge is 0.241 e. The van der Waals surface area contributed by atoms with Crippen molar-refractivity contribution in [3.05, 3.63) is 58.7 Å². The van der Waals surface area contributed by atoms with Gasteiger partial charge in [-0.25, -0.2) is 13.1 Å². The Morgan fingerprint density at radius 1 is 0.966 bits per heavy atom. The molecule has 0 aromatic heterocycles. The Bertz CT molecular complexity index is 947. The minimum atomic E-state index is -3.56. The van der Waals surface area contributed by atoms with Gasteiger partial charge in [-0.2, -0.15) is 0 Å². The first-order chi connectivity index (χ1) is 13.7. The van der Waals surface area contributed by atoms with E-state index in [0.29, 0.717) is 11.4 Å². The zero-order chi connectivity index (χ0) is 21.2. The maximum atomic E-state index is 13.1. The van der Waals surface area contributed by atoms with Crippen molar-refractivity contribution in [2.24, 2.45) is 0 Å². The highest BCUT2D eigenvalue weighted by atomic mass is 32.2. The molecular weight excluding hydrogens is 382 g/mol. The molecule has 1 fully saturated rings. The minimum Gasteiger partial charge on any atom is -0.378 e. The molecule has 0 aliphatic carbocycles. The van der Waals surface area contributed by atoms with E-state index in [-0.39, 0.29) is 6.04 Å². The molecule has 0 radical (unpaired) electrons. The van der Waals surface area contributed by atoms with Crippen molar-refractivity contribution in [3.8, 4) is 0 Å². The van der Waals surface area contributed by atoms with Crippen LogP contribution in [0.3, 0.4) is 0 Å². The van der Waals surface area contributed by atoms with Gasteiger partial charge in [-0.1, -0.05) is 18.2 Å².